The Morgan fingerprint density at radius 3 is 2.93 bits per heavy atom. The number of amides is 1. The number of benzene rings is 1. The summed E-state index contributed by atoms with van der Waals surface area (Å²) in [6.45, 7) is 0.386. The van der Waals surface area contributed by atoms with E-state index in [1.165, 1.54) is 12.1 Å². The van der Waals surface area contributed by atoms with Crippen LogP contribution in [0.2, 0.25) is 5.02 Å². The first-order valence-electron chi connectivity index (χ1n) is 4.45. The second-order valence-corrected chi connectivity index (χ2v) is 3.75. The smallest absolute Gasteiger partial charge is 0.229 e. The summed E-state index contributed by atoms with van der Waals surface area (Å²) in [6.07, 6.45) is 0.423. The van der Waals surface area contributed by atoms with E-state index in [9.17, 15) is 9.18 Å². The Morgan fingerprint density at radius 1 is 1.53 bits per heavy atom. The molecule has 0 bridgehead atoms. The van der Waals surface area contributed by atoms with Crippen LogP contribution in [0.3, 0.4) is 0 Å². The first-order valence-corrected chi connectivity index (χ1v) is 5.46. The van der Waals surface area contributed by atoms with Crippen molar-refractivity contribution in [2.75, 3.05) is 12.3 Å². The highest BCUT2D eigenvalue weighted by Gasteiger charge is 2.03. The number of thiol groups is 1. The van der Waals surface area contributed by atoms with Gasteiger partial charge in [0.1, 0.15) is 5.82 Å². The van der Waals surface area contributed by atoms with E-state index in [2.05, 4.69) is 17.9 Å². The molecule has 1 aromatic rings. The third-order valence-corrected chi connectivity index (χ3v) is 2.39. The molecule has 0 unspecified atom stereocenters. The minimum absolute atomic E-state index is 0.137. The highest BCUT2D eigenvalue weighted by molar-refractivity contribution is 7.81. The van der Waals surface area contributed by atoms with Crippen molar-refractivity contribution in [2.45, 2.75) is 6.42 Å². The fourth-order valence-electron chi connectivity index (χ4n) is 1.13. The number of carbonyl (C=O) groups is 1. The van der Waals surface area contributed by atoms with Gasteiger partial charge in [-0.15, -0.1) is 0 Å². The van der Waals surface area contributed by atoms with Crippen LogP contribution in [0.5, 0.6) is 0 Å². The van der Waals surface area contributed by atoms with Gasteiger partial charge in [-0.05, 0) is 30.2 Å². The van der Waals surface area contributed by atoms with E-state index in [0.29, 0.717) is 23.6 Å². The van der Waals surface area contributed by atoms with E-state index < -0.39 is 0 Å². The Kier molecular flexibility index (Phi) is 4.91. The second kappa shape index (κ2) is 5.98. The molecule has 5 heteroatoms. The Morgan fingerprint density at radius 2 is 2.27 bits per heavy atom. The number of carbonyl (C=O) groups excluding carboxylic acids is 1. The molecule has 0 aliphatic carbocycles. The van der Waals surface area contributed by atoms with Crippen LogP contribution in [0.4, 0.5) is 4.39 Å². The minimum Gasteiger partial charge on any atom is -0.355 e. The normalized spacial score (nSPS) is 10.1. The van der Waals surface area contributed by atoms with Crippen molar-refractivity contribution >= 4 is 30.1 Å². The van der Waals surface area contributed by atoms with Gasteiger partial charge in [0.15, 0.2) is 0 Å². The van der Waals surface area contributed by atoms with Crippen molar-refractivity contribution in [3.05, 3.63) is 34.6 Å². The summed E-state index contributed by atoms with van der Waals surface area (Å²) in [5.74, 6) is -0.335. The molecule has 15 heavy (non-hydrogen) atoms. The zero-order valence-electron chi connectivity index (χ0n) is 7.96. The van der Waals surface area contributed by atoms with E-state index in [4.69, 9.17) is 11.6 Å². The van der Waals surface area contributed by atoms with Gasteiger partial charge in [0.25, 0.3) is 0 Å². The highest BCUT2D eigenvalue weighted by Crippen LogP contribution is 2.14. The topological polar surface area (TPSA) is 29.1 Å². The summed E-state index contributed by atoms with van der Waals surface area (Å²) in [7, 11) is 0. The van der Waals surface area contributed by atoms with Crippen LogP contribution in [-0.2, 0) is 11.2 Å². The molecular weight excluding hydrogens is 237 g/mol. The second-order valence-electron chi connectivity index (χ2n) is 2.99. The van der Waals surface area contributed by atoms with Crippen LogP contribution in [0.25, 0.3) is 0 Å². The number of hydrogen-bond donors (Lipinski definition) is 2. The van der Waals surface area contributed by atoms with E-state index >= 15 is 0 Å². The molecule has 1 amide bonds. The van der Waals surface area contributed by atoms with Gasteiger partial charge in [-0.3, -0.25) is 4.79 Å². The summed E-state index contributed by atoms with van der Waals surface area (Å²) >= 11 is 9.52. The van der Waals surface area contributed by atoms with Crippen molar-refractivity contribution < 1.29 is 9.18 Å². The molecule has 1 N–H and O–H groups in total. The standard InChI is InChI=1S/C10H11ClFNOS/c11-8-1-2-9(12)7(5-8)3-4-13-10(14)6-15/h1-2,5,15H,3-4,6H2,(H,13,14). The van der Waals surface area contributed by atoms with E-state index in [-0.39, 0.29) is 17.5 Å². The lowest BCUT2D eigenvalue weighted by atomic mass is 10.1. The Labute approximate surface area is 98.2 Å². The van der Waals surface area contributed by atoms with Crippen LogP contribution in [0.15, 0.2) is 18.2 Å². The molecule has 2 nitrogen and oxygen atoms in total. The van der Waals surface area contributed by atoms with Crippen LogP contribution in [0, 0.1) is 5.82 Å². The fourth-order valence-corrected chi connectivity index (χ4v) is 1.43. The maximum atomic E-state index is 13.2. The molecule has 1 aromatic carbocycles. The van der Waals surface area contributed by atoms with Gasteiger partial charge in [-0.2, -0.15) is 12.6 Å². The average Bonchev–Trinajstić information content (AvgIpc) is 2.23. The maximum Gasteiger partial charge on any atom is 0.229 e. The number of halogens is 2. The molecule has 0 saturated carbocycles. The molecule has 1 rings (SSSR count). The van der Waals surface area contributed by atoms with Crippen LogP contribution < -0.4 is 5.32 Å². The van der Waals surface area contributed by atoms with Crippen molar-refractivity contribution in [3.8, 4) is 0 Å². The van der Waals surface area contributed by atoms with Crippen LogP contribution >= 0.6 is 24.2 Å². The molecule has 0 spiro atoms. The number of nitrogens with one attached hydrogen (secondary N) is 1. The molecule has 0 fully saturated rings. The Balaban J connectivity index is 2.50. The summed E-state index contributed by atoms with van der Waals surface area (Å²) in [5, 5.41) is 3.09. The van der Waals surface area contributed by atoms with Gasteiger partial charge in [0.2, 0.25) is 5.91 Å². The van der Waals surface area contributed by atoms with Crippen molar-refractivity contribution in [2.24, 2.45) is 0 Å². The maximum absolute atomic E-state index is 13.2. The van der Waals surface area contributed by atoms with E-state index in [1.807, 2.05) is 0 Å². The molecule has 0 radical (unpaired) electrons. The zero-order valence-corrected chi connectivity index (χ0v) is 9.62. The molecule has 0 saturated heterocycles. The van der Waals surface area contributed by atoms with Gasteiger partial charge in [-0.1, -0.05) is 11.6 Å². The van der Waals surface area contributed by atoms with Gasteiger partial charge in [0, 0.05) is 11.6 Å². The third-order valence-electron chi connectivity index (χ3n) is 1.87. The molecule has 0 aliphatic rings. The van der Waals surface area contributed by atoms with Gasteiger partial charge < -0.3 is 5.32 Å². The van der Waals surface area contributed by atoms with Crippen molar-refractivity contribution in [1.82, 2.24) is 5.32 Å². The Hall–Kier alpha value is -0.740. The first-order chi connectivity index (χ1) is 7.13. The zero-order chi connectivity index (χ0) is 11.3. The minimum atomic E-state index is -0.306. The van der Waals surface area contributed by atoms with Gasteiger partial charge in [-0.25, -0.2) is 4.39 Å². The average molecular weight is 248 g/mol. The Bertz CT molecular complexity index is 359. The lowest BCUT2D eigenvalue weighted by Gasteiger charge is -2.05. The molecule has 82 valence electrons. The van der Waals surface area contributed by atoms with Crippen LogP contribution in [0.1, 0.15) is 5.56 Å². The third kappa shape index (κ3) is 4.10. The number of hydrogen-bond acceptors (Lipinski definition) is 2. The summed E-state index contributed by atoms with van der Waals surface area (Å²) in [4.78, 5) is 10.8. The van der Waals surface area contributed by atoms with Crippen LogP contribution in [-0.4, -0.2) is 18.2 Å². The summed E-state index contributed by atoms with van der Waals surface area (Å²) < 4.78 is 13.2. The van der Waals surface area contributed by atoms with Crippen molar-refractivity contribution in [1.29, 1.82) is 0 Å². The van der Waals surface area contributed by atoms with Gasteiger partial charge >= 0.3 is 0 Å². The lowest BCUT2D eigenvalue weighted by Crippen LogP contribution is -2.26. The monoisotopic (exact) mass is 247 g/mol. The summed E-state index contributed by atoms with van der Waals surface area (Å²) in [5.41, 5.74) is 0.502. The molecule has 0 aliphatic heterocycles. The lowest BCUT2D eigenvalue weighted by molar-refractivity contribution is -0.118. The first kappa shape index (κ1) is 12.3. The number of rotatable bonds is 4. The fraction of sp³-hybridized carbons (Fsp3) is 0.300. The predicted molar refractivity (Wildman–Crippen MR) is 62.0 cm³/mol. The molecular formula is C10H11ClFNOS. The largest absolute Gasteiger partial charge is 0.355 e. The predicted octanol–water partition coefficient (Wildman–Crippen LogP) is 2.07. The summed E-state index contributed by atoms with van der Waals surface area (Å²) in [6, 6.07) is 4.37. The molecule has 0 heterocycles. The van der Waals surface area contributed by atoms with E-state index in [0.717, 1.165) is 0 Å². The van der Waals surface area contributed by atoms with Crippen molar-refractivity contribution in [3.63, 3.8) is 0 Å². The SMILES string of the molecule is O=C(CS)NCCc1cc(Cl)ccc1F. The molecule has 0 atom stereocenters. The quantitative estimate of drug-likeness (QED) is 0.784. The molecule has 0 aromatic heterocycles. The van der Waals surface area contributed by atoms with Gasteiger partial charge in [0.05, 0.1) is 5.75 Å². The van der Waals surface area contributed by atoms with E-state index in [1.54, 1.807) is 6.07 Å². The highest BCUT2D eigenvalue weighted by atomic mass is 35.5.